The van der Waals surface area contributed by atoms with Crippen molar-refractivity contribution < 1.29 is 24.2 Å². The zero-order chi connectivity index (χ0) is 16.4. The van der Waals surface area contributed by atoms with Gasteiger partial charge in [0.05, 0.1) is 23.2 Å². The molecule has 1 heterocycles. The predicted molar refractivity (Wildman–Crippen MR) is 80.7 cm³/mol. The van der Waals surface area contributed by atoms with E-state index in [0.717, 1.165) is 4.90 Å². The van der Waals surface area contributed by atoms with Crippen molar-refractivity contribution in [2.45, 2.75) is 0 Å². The van der Waals surface area contributed by atoms with Gasteiger partial charge in [-0.3, -0.25) is 14.5 Å². The van der Waals surface area contributed by atoms with Crippen LogP contribution in [0.3, 0.4) is 0 Å². The van der Waals surface area contributed by atoms with Gasteiger partial charge in [0.1, 0.15) is 12.4 Å². The fourth-order valence-electron chi connectivity index (χ4n) is 2.39. The lowest BCUT2D eigenvalue weighted by molar-refractivity contribution is 0.0628. The Hall–Kier alpha value is -3.15. The first-order valence-electron chi connectivity index (χ1n) is 6.99. The van der Waals surface area contributed by atoms with Gasteiger partial charge in [0.2, 0.25) is 0 Å². The van der Waals surface area contributed by atoms with Crippen molar-refractivity contribution in [2.24, 2.45) is 0 Å². The second-order valence-electron chi connectivity index (χ2n) is 4.99. The van der Waals surface area contributed by atoms with Crippen molar-refractivity contribution >= 4 is 17.8 Å². The average molecular weight is 311 g/mol. The first-order valence-corrected chi connectivity index (χ1v) is 6.99. The quantitative estimate of drug-likeness (QED) is 0.854. The largest absolute Gasteiger partial charge is 0.492 e. The lowest BCUT2D eigenvalue weighted by atomic mass is 10.1. The van der Waals surface area contributed by atoms with Crippen molar-refractivity contribution in [1.82, 2.24) is 4.90 Å². The van der Waals surface area contributed by atoms with E-state index >= 15 is 0 Å². The summed E-state index contributed by atoms with van der Waals surface area (Å²) >= 11 is 0. The number of carboxylic acid groups (broad SMARTS) is 1. The van der Waals surface area contributed by atoms with Gasteiger partial charge in [-0.1, -0.05) is 12.1 Å². The summed E-state index contributed by atoms with van der Waals surface area (Å²) in [5.74, 6) is -1.18. The van der Waals surface area contributed by atoms with Gasteiger partial charge in [0, 0.05) is 0 Å². The molecule has 3 rings (SSSR count). The first-order chi connectivity index (χ1) is 11.1. The van der Waals surface area contributed by atoms with Gasteiger partial charge in [-0.15, -0.1) is 0 Å². The molecule has 0 saturated heterocycles. The third-order valence-electron chi connectivity index (χ3n) is 3.56. The van der Waals surface area contributed by atoms with Crippen LogP contribution >= 0.6 is 0 Å². The molecular weight excluding hydrogens is 298 g/mol. The predicted octanol–water partition coefficient (Wildman–Crippen LogP) is 2.06. The molecule has 2 amide bonds. The van der Waals surface area contributed by atoms with Crippen molar-refractivity contribution in [1.29, 1.82) is 0 Å². The van der Waals surface area contributed by atoms with Gasteiger partial charge in [-0.05, 0) is 36.4 Å². The smallest absolute Gasteiger partial charge is 0.335 e. The Kier molecular flexibility index (Phi) is 3.80. The number of amides is 2. The van der Waals surface area contributed by atoms with Crippen molar-refractivity contribution in [2.75, 3.05) is 13.2 Å². The molecule has 0 aromatic heterocycles. The highest BCUT2D eigenvalue weighted by Gasteiger charge is 2.34. The second kappa shape index (κ2) is 5.92. The molecule has 0 unspecified atom stereocenters. The molecule has 6 nitrogen and oxygen atoms in total. The highest BCUT2D eigenvalue weighted by Crippen LogP contribution is 2.22. The number of benzene rings is 2. The Morgan fingerprint density at radius 1 is 0.957 bits per heavy atom. The third-order valence-corrected chi connectivity index (χ3v) is 3.56. The van der Waals surface area contributed by atoms with Gasteiger partial charge in [-0.25, -0.2) is 4.79 Å². The molecule has 0 spiro atoms. The van der Waals surface area contributed by atoms with Gasteiger partial charge in [0.15, 0.2) is 0 Å². The molecule has 2 aromatic rings. The maximum atomic E-state index is 12.2. The summed E-state index contributed by atoms with van der Waals surface area (Å²) in [5, 5.41) is 8.82. The van der Waals surface area contributed by atoms with Crippen LogP contribution in [0.1, 0.15) is 31.1 Å². The topological polar surface area (TPSA) is 83.9 Å². The van der Waals surface area contributed by atoms with Crippen molar-refractivity contribution in [3.63, 3.8) is 0 Å². The van der Waals surface area contributed by atoms with E-state index in [4.69, 9.17) is 9.84 Å². The summed E-state index contributed by atoms with van der Waals surface area (Å²) in [6.07, 6.45) is 0. The molecule has 0 aliphatic carbocycles. The van der Waals surface area contributed by atoms with Crippen molar-refractivity contribution in [3.8, 4) is 5.75 Å². The maximum absolute atomic E-state index is 12.2. The van der Waals surface area contributed by atoms with E-state index in [-0.39, 0.29) is 30.5 Å². The molecule has 0 atom stereocenters. The number of rotatable bonds is 5. The molecule has 1 N–H and O–H groups in total. The standard InChI is InChI=1S/C17H13NO5/c19-15-13-3-1-2-4-14(13)16(20)18(15)9-10-23-12-7-5-11(6-8-12)17(21)22/h1-8H,9-10H2,(H,21,22). The number of hydrogen-bond donors (Lipinski definition) is 1. The number of ether oxygens (including phenoxy) is 1. The minimum absolute atomic E-state index is 0.132. The van der Waals surface area contributed by atoms with E-state index < -0.39 is 5.97 Å². The third kappa shape index (κ3) is 2.78. The van der Waals surface area contributed by atoms with Crippen LogP contribution in [0.25, 0.3) is 0 Å². The zero-order valence-corrected chi connectivity index (χ0v) is 12.1. The molecule has 116 valence electrons. The van der Waals surface area contributed by atoms with Crippen molar-refractivity contribution in [3.05, 3.63) is 65.2 Å². The zero-order valence-electron chi connectivity index (χ0n) is 12.1. The summed E-state index contributed by atoms with van der Waals surface area (Å²) in [6, 6.07) is 12.6. The molecule has 1 aliphatic heterocycles. The number of carbonyl (C=O) groups is 3. The van der Waals surface area contributed by atoms with Crippen LogP contribution in [-0.4, -0.2) is 40.9 Å². The van der Waals surface area contributed by atoms with Gasteiger partial charge in [-0.2, -0.15) is 0 Å². The molecule has 0 fully saturated rings. The van der Waals surface area contributed by atoms with Gasteiger partial charge < -0.3 is 9.84 Å². The molecule has 6 heteroatoms. The summed E-state index contributed by atoms with van der Waals surface area (Å²) in [7, 11) is 0. The summed E-state index contributed by atoms with van der Waals surface area (Å²) in [6.45, 7) is 0.269. The Bertz CT molecular complexity index is 747. The number of nitrogens with zero attached hydrogens (tertiary/aromatic N) is 1. The van der Waals surface area contributed by atoms with E-state index in [1.54, 1.807) is 24.3 Å². The highest BCUT2D eigenvalue weighted by molar-refractivity contribution is 6.21. The minimum Gasteiger partial charge on any atom is -0.492 e. The molecule has 23 heavy (non-hydrogen) atoms. The van der Waals surface area contributed by atoms with Crippen LogP contribution in [0.2, 0.25) is 0 Å². The molecule has 0 saturated carbocycles. The van der Waals surface area contributed by atoms with E-state index in [9.17, 15) is 14.4 Å². The SMILES string of the molecule is O=C(O)c1ccc(OCCN2C(=O)c3ccccc3C2=O)cc1. The van der Waals surface area contributed by atoms with Gasteiger partial charge in [0.25, 0.3) is 11.8 Å². The second-order valence-corrected chi connectivity index (χ2v) is 4.99. The summed E-state index contributed by atoms with van der Waals surface area (Å²) < 4.78 is 5.46. The first kappa shape index (κ1) is 14.8. The summed E-state index contributed by atoms with van der Waals surface area (Å²) in [5.41, 5.74) is 0.976. The number of hydrogen-bond acceptors (Lipinski definition) is 4. The van der Waals surface area contributed by atoms with Crippen LogP contribution in [0, 0.1) is 0 Å². The number of imide groups is 1. The lowest BCUT2D eigenvalue weighted by Gasteiger charge is -2.14. The van der Waals surface area contributed by atoms with E-state index in [1.807, 2.05) is 0 Å². The molecule has 1 aliphatic rings. The fraction of sp³-hybridized carbons (Fsp3) is 0.118. The number of aromatic carboxylic acids is 1. The number of carboxylic acids is 1. The Morgan fingerprint density at radius 2 is 1.52 bits per heavy atom. The van der Waals surface area contributed by atoms with Crippen LogP contribution in [0.15, 0.2) is 48.5 Å². The van der Waals surface area contributed by atoms with E-state index in [0.29, 0.717) is 16.9 Å². The van der Waals surface area contributed by atoms with Crippen LogP contribution in [-0.2, 0) is 0 Å². The van der Waals surface area contributed by atoms with Crippen LogP contribution in [0.5, 0.6) is 5.75 Å². The Morgan fingerprint density at radius 3 is 2.04 bits per heavy atom. The van der Waals surface area contributed by atoms with Crippen LogP contribution in [0.4, 0.5) is 0 Å². The number of fused-ring (bicyclic) bond motifs is 1. The molecular formula is C17H13NO5. The molecule has 0 bridgehead atoms. The Labute approximate surface area is 131 Å². The van der Waals surface area contributed by atoms with E-state index in [2.05, 4.69) is 0 Å². The number of carbonyl (C=O) groups excluding carboxylic acids is 2. The van der Waals surface area contributed by atoms with E-state index in [1.165, 1.54) is 24.3 Å². The average Bonchev–Trinajstić information content (AvgIpc) is 2.81. The van der Waals surface area contributed by atoms with Crippen LogP contribution < -0.4 is 4.74 Å². The molecule has 0 radical (unpaired) electrons. The lowest BCUT2D eigenvalue weighted by Crippen LogP contribution is -2.33. The fourth-order valence-corrected chi connectivity index (χ4v) is 2.39. The monoisotopic (exact) mass is 311 g/mol. The van der Waals surface area contributed by atoms with Gasteiger partial charge >= 0.3 is 5.97 Å². The summed E-state index contributed by atoms with van der Waals surface area (Å²) in [4.78, 5) is 36.2. The highest BCUT2D eigenvalue weighted by atomic mass is 16.5. The molecule has 2 aromatic carbocycles. The minimum atomic E-state index is -1.01. The maximum Gasteiger partial charge on any atom is 0.335 e. The normalized spacial score (nSPS) is 13.1. The Balaban J connectivity index is 1.60.